The van der Waals surface area contributed by atoms with E-state index in [-0.39, 0.29) is 43.0 Å². The zero-order chi connectivity index (χ0) is 32.0. The molecular formula is C36H37ClFN3O6. The third-order valence-electron chi connectivity index (χ3n) is 8.07. The number of rotatable bonds is 5. The fourth-order valence-electron chi connectivity index (χ4n) is 5.87. The molecule has 8 bridgehead atoms. The van der Waals surface area contributed by atoms with Crippen LogP contribution in [0.4, 0.5) is 4.39 Å². The van der Waals surface area contributed by atoms with E-state index in [9.17, 15) is 14.0 Å². The van der Waals surface area contributed by atoms with Crippen LogP contribution in [0.5, 0.6) is 28.7 Å². The van der Waals surface area contributed by atoms with E-state index < -0.39 is 11.9 Å². The van der Waals surface area contributed by atoms with Crippen molar-refractivity contribution in [2.75, 3.05) is 40.0 Å². The fraction of sp³-hybridized carbons (Fsp3) is 0.278. The first-order valence-corrected chi connectivity index (χ1v) is 15.3. The molecule has 1 atom stereocenters. The highest BCUT2D eigenvalue weighted by atomic mass is 35.5. The van der Waals surface area contributed by atoms with Gasteiger partial charge >= 0.3 is 0 Å². The van der Waals surface area contributed by atoms with E-state index >= 15 is 0 Å². The number of carbonyl (C=O) groups is 2. The van der Waals surface area contributed by atoms with Crippen LogP contribution in [0.3, 0.4) is 0 Å². The number of carbonyl (C=O) groups excluding carboxylic acids is 2. The molecule has 4 aromatic carbocycles. The number of benzene rings is 4. The van der Waals surface area contributed by atoms with Crippen LogP contribution in [0.2, 0.25) is 0 Å². The summed E-state index contributed by atoms with van der Waals surface area (Å²) in [5, 5.41) is 2.89. The first kappa shape index (κ1) is 33.6. The van der Waals surface area contributed by atoms with Crippen LogP contribution in [0.1, 0.15) is 45.1 Å². The Morgan fingerprint density at radius 2 is 1.94 bits per heavy atom. The lowest BCUT2D eigenvalue weighted by Crippen LogP contribution is -2.40. The van der Waals surface area contributed by atoms with Gasteiger partial charge in [-0.1, -0.05) is 24.3 Å². The van der Waals surface area contributed by atoms with Crippen molar-refractivity contribution in [1.29, 1.82) is 0 Å². The van der Waals surface area contributed by atoms with E-state index in [2.05, 4.69) is 5.32 Å². The van der Waals surface area contributed by atoms with Crippen molar-refractivity contribution >= 4 is 24.2 Å². The zero-order valence-electron chi connectivity index (χ0n) is 26.0. The monoisotopic (exact) mass is 661 g/mol. The summed E-state index contributed by atoms with van der Waals surface area (Å²) >= 11 is 0. The molecule has 0 aromatic heterocycles. The van der Waals surface area contributed by atoms with Crippen LogP contribution in [0.15, 0.2) is 78.9 Å². The van der Waals surface area contributed by atoms with Gasteiger partial charge in [-0.15, -0.1) is 12.4 Å². The van der Waals surface area contributed by atoms with Crippen molar-refractivity contribution in [3.05, 3.63) is 112 Å². The van der Waals surface area contributed by atoms with Gasteiger partial charge in [-0.25, -0.2) is 4.39 Å². The van der Waals surface area contributed by atoms with Gasteiger partial charge in [-0.2, -0.15) is 0 Å². The summed E-state index contributed by atoms with van der Waals surface area (Å²) in [5.41, 5.74) is 9.50. The van der Waals surface area contributed by atoms with Gasteiger partial charge in [-0.3, -0.25) is 9.59 Å². The second-order valence-electron chi connectivity index (χ2n) is 11.2. The average Bonchev–Trinajstić information content (AvgIpc) is 3.07. The SMILES string of the molecule is COc1ccc(C(=O)N2CCc3cc4ccc3C2c2cccc(c2)OCCCNC(=O)Cc2ccc(F)c(c2)O4)c(OCCN)c1.Cl. The second-order valence-corrected chi connectivity index (χ2v) is 11.2. The third kappa shape index (κ3) is 7.61. The van der Waals surface area contributed by atoms with E-state index in [1.54, 1.807) is 43.5 Å². The van der Waals surface area contributed by atoms with Gasteiger partial charge in [0.15, 0.2) is 11.6 Å². The molecule has 3 heterocycles. The molecule has 0 radical (unpaired) electrons. The maximum Gasteiger partial charge on any atom is 0.258 e. The van der Waals surface area contributed by atoms with Crippen molar-refractivity contribution < 1.29 is 32.9 Å². The molecule has 0 aliphatic carbocycles. The van der Waals surface area contributed by atoms with Gasteiger partial charge in [0, 0.05) is 25.7 Å². The van der Waals surface area contributed by atoms with Crippen molar-refractivity contribution in [2.45, 2.75) is 25.3 Å². The van der Waals surface area contributed by atoms with Crippen LogP contribution in [0.25, 0.3) is 0 Å². The Bertz CT molecular complexity index is 1750. The van der Waals surface area contributed by atoms with Gasteiger partial charge in [0.25, 0.3) is 5.91 Å². The predicted molar refractivity (Wildman–Crippen MR) is 178 cm³/mol. The number of methoxy groups -OCH3 is 1. The lowest BCUT2D eigenvalue weighted by atomic mass is 9.87. The Balaban J connectivity index is 0.00000433. The number of nitrogens with two attached hydrogens (primary N) is 1. The highest BCUT2D eigenvalue weighted by Crippen LogP contribution is 2.40. The second kappa shape index (κ2) is 15.2. The van der Waals surface area contributed by atoms with Crippen molar-refractivity contribution in [3.63, 3.8) is 0 Å². The summed E-state index contributed by atoms with van der Waals surface area (Å²) in [4.78, 5) is 28.7. The van der Waals surface area contributed by atoms with Crippen LogP contribution in [-0.2, 0) is 17.6 Å². The lowest BCUT2D eigenvalue weighted by Gasteiger charge is -2.38. The molecule has 9 nitrogen and oxygen atoms in total. The van der Waals surface area contributed by atoms with Gasteiger partial charge in [0.2, 0.25) is 5.91 Å². The maximum absolute atomic E-state index is 14.8. The van der Waals surface area contributed by atoms with Crippen LogP contribution in [0, 0.1) is 5.82 Å². The Morgan fingerprint density at radius 3 is 2.77 bits per heavy atom. The first-order valence-electron chi connectivity index (χ1n) is 15.3. The summed E-state index contributed by atoms with van der Waals surface area (Å²) in [6.07, 6.45) is 1.24. The minimum Gasteiger partial charge on any atom is -0.497 e. The molecule has 3 aliphatic rings. The third-order valence-corrected chi connectivity index (χ3v) is 8.07. The molecule has 3 aliphatic heterocycles. The maximum atomic E-state index is 14.8. The number of nitrogens with zero attached hydrogens (tertiary/aromatic N) is 1. The van der Waals surface area contributed by atoms with Gasteiger partial charge in [0.1, 0.15) is 29.6 Å². The smallest absolute Gasteiger partial charge is 0.258 e. The molecule has 47 heavy (non-hydrogen) atoms. The summed E-state index contributed by atoms with van der Waals surface area (Å²) in [5.74, 6) is 1.22. The highest BCUT2D eigenvalue weighted by molar-refractivity contribution is 5.98. The van der Waals surface area contributed by atoms with E-state index in [1.807, 2.05) is 41.3 Å². The standard InChI is InChI=1S/C36H36FN3O6.ClH/c1-43-26-7-10-30(32(22-26)45-17-13-38)36(42)40-15-12-24-20-28-8-9-29(24)35(40)25-4-2-5-27(21-25)44-16-3-14-39-34(41)19-23-6-11-31(37)33(18-23)46-28;/h2,4-11,18,20-22,35H,3,12-17,19,38H2,1H3,(H,39,41);1H. The molecule has 11 heteroatoms. The number of hydrogen-bond acceptors (Lipinski definition) is 7. The molecule has 3 N–H and O–H groups in total. The van der Waals surface area contributed by atoms with Gasteiger partial charge in [0.05, 0.1) is 31.7 Å². The zero-order valence-corrected chi connectivity index (χ0v) is 26.8. The van der Waals surface area contributed by atoms with Crippen LogP contribution >= 0.6 is 12.4 Å². The van der Waals surface area contributed by atoms with E-state index in [1.165, 1.54) is 6.07 Å². The molecule has 1 unspecified atom stereocenters. The molecule has 0 fully saturated rings. The number of amides is 2. The summed E-state index contributed by atoms with van der Waals surface area (Å²) in [6.45, 7) is 1.76. The average molecular weight is 662 g/mol. The number of halogens is 2. The molecule has 7 rings (SSSR count). The summed E-state index contributed by atoms with van der Waals surface area (Å²) < 4.78 is 38.2. The molecule has 4 aromatic rings. The van der Waals surface area contributed by atoms with E-state index in [0.717, 1.165) is 16.7 Å². The molecular weight excluding hydrogens is 625 g/mol. The number of hydrogen-bond donors (Lipinski definition) is 2. The topological polar surface area (TPSA) is 112 Å². The Morgan fingerprint density at radius 1 is 1.06 bits per heavy atom. The number of nitrogens with one attached hydrogen (secondary N) is 1. The molecule has 2 amide bonds. The summed E-state index contributed by atoms with van der Waals surface area (Å²) in [6, 6.07) is 22.4. The van der Waals surface area contributed by atoms with E-state index in [0.29, 0.717) is 73.2 Å². The first-order chi connectivity index (χ1) is 22.4. The normalized spacial score (nSPS) is 15.9. The van der Waals surface area contributed by atoms with Crippen molar-refractivity contribution in [3.8, 4) is 28.7 Å². The Labute approximate surface area is 279 Å². The molecule has 0 spiro atoms. The Hall–Kier alpha value is -4.80. The fourth-order valence-corrected chi connectivity index (χ4v) is 5.87. The summed E-state index contributed by atoms with van der Waals surface area (Å²) in [7, 11) is 1.56. The minimum atomic E-state index is -0.525. The van der Waals surface area contributed by atoms with E-state index in [4.69, 9.17) is 24.7 Å². The molecule has 0 saturated carbocycles. The number of ether oxygens (including phenoxy) is 4. The Kier molecular flexibility index (Phi) is 10.8. The lowest BCUT2D eigenvalue weighted by molar-refractivity contribution is -0.120. The minimum absolute atomic E-state index is 0. The van der Waals surface area contributed by atoms with Gasteiger partial charge < -0.3 is 34.9 Å². The quantitative estimate of drug-likeness (QED) is 0.286. The number of fused-ring (bicyclic) bond motifs is 7. The molecule has 246 valence electrons. The van der Waals surface area contributed by atoms with Crippen molar-refractivity contribution in [1.82, 2.24) is 10.2 Å². The predicted octanol–water partition coefficient (Wildman–Crippen LogP) is 5.62. The highest BCUT2D eigenvalue weighted by Gasteiger charge is 2.34. The van der Waals surface area contributed by atoms with Crippen LogP contribution < -0.4 is 30.0 Å². The molecule has 0 saturated heterocycles. The van der Waals surface area contributed by atoms with Gasteiger partial charge in [-0.05, 0) is 83.6 Å². The van der Waals surface area contributed by atoms with Crippen molar-refractivity contribution in [2.24, 2.45) is 5.73 Å². The largest absolute Gasteiger partial charge is 0.497 e. The van der Waals surface area contributed by atoms with Crippen LogP contribution in [-0.4, -0.2) is 56.7 Å².